The molecule has 0 aliphatic heterocycles. The van der Waals surface area contributed by atoms with E-state index in [0.29, 0.717) is 0 Å². The molecule has 0 radical (unpaired) electrons. The van der Waals surface area contributed by atoms with E-state index >= 15 is 0 Å². The zero-order chi connectivity index (χ0) is 7.71. The second-order valence-corrected chi connectivity index (χ2v) is 6.01. The van der Waals surface area contributed by atoms with Gasteiger partial charge in [-0.05, 0) is 6.42 Å². The summed E-state index contributed by atoms with van der Waals surface area (Å²) >= 11 is 0. The second-order valence-electron chi connectivity index (χ2n) is 3.05. The lowest BCUT2D eigenvalue weighted by molar-refractivity contribution is 0.439. The molecular weight excluding hydrogens is 135 g/mol. The molecule has 3 heteroatoms. The van der Waals surface area contributed by atoms with Crippen LogP contribution in [0.5, 0.6) is 0 Å². The highest BCUT2D eigenvalue weighted by Crippen LogP contribution is 2.52. The predicted molar refractivity (Wildman–Crippen MR) is 40.1 cm³/mol. The van der Waals surface area contributed by atoms with Gasteiger partial charge in [-0.15, -0.1) is 0 Å². The summed E-state index contributed by atoms with van der Waals surface area (Å²) in [5, 5.41) is -0.410. The molecule has 1 N–H and O–H groups in total. The highest BCUT2D eigenvalue weighted by atomic mass is 31.2. The van der Waals surface area contributed by atoms with Crippen molar-refractivity contribution < 1.29 is 9.46 Å². The van der Waals surface area contributed by atoms with Crippen molar-refractivity contribution in [3.63, 3.8) is 0 Å². The van der Waals surface area contributed by atoms with Crippen molar-refractivity contribution in [2.24, 2.45) is 0 Å². The van der Waals surface area contributed by atoms with Crippen LogP contribution in [-0.2, 0) is 4.57 Å². The second kappa shape index (κ2) is 2.43. The lowest BCUT2D eigenvalue weighted by Gasteiger charge is -2.25. The summed E-state index contributed by atoms with van der Waals surface area (Å²) in [4.78, 5) is 9.10. The molecule has 0 aromatic rings. The first-order valence-corrected chi connectivity index (χ1v) is 5.22. The van der Waals surface area contributed by atoms with Crippen molar-refractivity contribution in [1.29, 1.82) is 0 Å². The van der Waals surface area contributed by atoms with Crippen molar-refractivity contribution in [3.05, 3.63) is 0 Å². The van der Waals surface area contributed by atoms with Crippen LogP contribution in [0.4, 0.5) is 0 Å². The standard InChI is InChI=1S/C6H15O2P/c1-5-6(2,3)9(4,7)8/h5H2,1-4H3,(H,7,8). The molecule has 0 aliphatic carbocycles. The first-order chi connectivity index (χ1) is 3.81. The Balaban J connectivity index is 4.34. The van der Waals surface area contributed by atoms with E-state index in [2.05, 4.69) is 0 Å². The average Bonchev–Trinajstić information content (AvgIpc) is 1.64. The molecule has 0 saturated carbocycles. The Morgan fingerprint density at radius 3 is 1.89 bits per heavy atom. The average molecular weight is 150 g/mol. The van der Waals surface area contributed by atoms with E-state index in [1.807, 2.05) is 20.8 Å². The molecule has 56 valence electrons. The molecule has 0 fully saturated rings. The number of hydrogen-bond donors (Lipinski definition) is 1. The van der Waals surface area contributed by atoms with E-state index in [-0.39, 0.29) is 0 Å². The molecule has 9 heavy (non-hydrogen) atoms. The first kappa shape index (κ1) is 9.19. The van der Waals surface area contributed by atoms with E-state index in [4.69, 9.17) is 4.89 Å². The quantitative estimate of drug-likeness (QED) is 0.612. The summed E-state index contributed by atoms with van der Waals surface area (Å²) in [7, 11) is -2.87. The normalized spacial score (nSPS) is 19.2. The van der Waals surface area contributed by atoms with E-state index < -0.39 is 12.5 Å². The molecular formula is C6H15O2P. The Morgan fingerprint density at radius 1 is 1.56 bits per heavy atom. The van der Waals surface area contributed by atoms with Gasteiger partial charge in [-0.25, -0.2) is 0 Å². The minimum Gasteiger partial charge on any atom is -0.344 e. The van der Waals surface area contributed by atoms with Gasteiger partial charge in [0.1, 0.15) is 0 Å². The SMILES string of the molecule is CCC(C)(C)P(C)(=O)O. The summed E-state index contributed by atoms with van der Waals surface area (Å²) in [6.45, 7) is 6.96. The van der Waals surface area contributed by atoms with Gasteiger partial charge in [0.05, 0.1) is 0 Å². The maximum Gasteiger partial charge on any atom is 0.203 e. The smallest absolute Gasteiger partial charge is 0.203 e. The maximum absolute atomic E-state index is 11.0. The Bertz CT molecular complexity index is 134. The Kier molecular flexibility index (Phi) is 2.48. The van der Waals surface area contributed by atoms with Gasteiger partial charge >= 0.3 is 0 Å². The zero-order valence-corrected chi connectivity index (χ0v) is 7.40. The molecule has 0 saturated heterocycles. The van der Waals surface area contributed by atoms with Crippen LogP contribution in [0.15, 0.2) is 0 Å². The highest BCUT2D eigenvalue weighted by Gasteiger charge is 2.31. The Labute approximate surface area is 56.7 Å². The third-order valence-corrected chi connectivity index (χ3v) is 4.55. The lowest BCUT2D eigenvalue weighted by atomic mass is 10.1. The molecule has 0 heterocycles. The molecule has 0 aliphatic rings. The third kappa shape index (κ3) is 2.11. The molecule has 0 amide bonds. The van der Waals surface area contributed by atoms with Crippen LogP contribution in [0, 0.1) is 0 Å². The summed E-state index contributed by atoms with van der Waals surface area (Å²) < 4.78 is 11.0. The van der Waals surface area contributed by atoms with Crippen molar-refractivity contribution in [1.82, 2.24) is 0 Å². The van der Waals surface area contributed by atoms with Gasteiger partial charge < -0.3 is 4.89 Å². The molecule has 0 spiro atoms. The summed E-state index contributed by atoms with van der Waals surface area (Å²) in [5.74, 6) is 0. The largest absolute Gasteiger partial charge is 0.344 e. The minimum absolute atomic E-state index is 0.410. The van der Waals surface area contributed by atoms with Crippen LogP contribution >= 0.6 is 7.37 Å². The van der Waals surface area contributed by atoms with Gasteiger partial charge in [0, 0.05) is 11.8 Å². The molecule has 0 rings (SSSR count). The molecule has 1 unspecified atom stereocenters. The molecule has 1 atom stereocenters. The van der Waals surface area contributed by atoms with Gasteiger partial charge in [0.2, 0.25) is 7.37 Å². The van der Waals surface area contributed by atoms with Crippen LogP contribution in [0.2, 0.25) is 0 Å². The first-order valence-electron chi connectivity index (χ1n) is 3.11. The fourth-order valence-corrected chi connectivity index (χ4v) is 0.880. The van der Waals surface area contributed by atoms with Crippen LogP contribution in [0.25, 0.3) is 0 Å². The fraction of sp³-hybridized carbons (Fsp3) is 1.00. The molecule has 2 nitrogen and oxygen atoms in total. The van der Waals surface area contributed by atoms with E-state index in [0.717, 1.165) is 6.42 Å². The van der Waals surface area contributed by atoms with Gasteiger partial charge in [0.25, 0.3) is 0 Å². The van der Waals surface area contributed by atoms with Gasteiger partial charge in [-0.1, -0.05) is 20.8 Å². The van der Waals surface area contributed by atoms with Crippen LogP contribution in [-0.4, -0.2) is 16.7 Å². The monoisotopic (exact) mass is 150 g/mol. The number of hydrogen-bond acceptors (Lipinski definition) is 1. The van der Waals surface area contributed by atoms with E-state index in [1.165, 1.54) is 6.66 Å². The van der Waals surface area contributed by atoms with E-state index in [9.17, 15) is 4.57 Å². The van der Waals surface area contributed by atoms with E-state index in [1.54, 1.807) is 0 Å². The summed E-state index contributed by atoms with van der Waals surface area (Å²) in [6, 6.07) is 0. The zero-order valence-electron chi connectivity index (χ0n) is 6.51. The van der Waals surface area contributed by atoms with Gasteiger partial charge in [-0.3, -0.25) is 4.57 Å². The van der Waals surface area contributed by atoms with Crippen LogP contribution in [0.3, 0.4) is 0 Å². The predicted octanol–water partition coefficient (Wildman–Crippen LogP) is 2.08. The molecule has 0 aromatic carbocycles. The third-order valence-electron chi connectivity index (χ3n) is 1.99. The topological polar surface area (TPSA) is 37.3 Å². The highest BCUT2D eigenvalue weighted by molar-refractivity contribution is 7.58. The van der Waals surface area contributed by atoms with Gasteiger partial charge in [-0.2, -0.15) is 0 Å². The number of rotatable bonds is 2. The van der Waals surface area contributed by atoms with Crippen molar-refractivity contribution in [3.8, 4) is 0 Å². The molecule has 0 aromatic heterocycles. The summed E-state index contributed by atoms with van der Waals surface area (Å²) in [6.07, 6.45) is 0.747. The fourth-order valence-electron chi connectivity index (χ4n) is 0.293. The van der Waals surface area contributed by atoms with Crippen LogP contribution < -0.4 is 0 Å². The Hall–Kier alpha value is 0.190. The Morgan fingerprint density at radius 2 is 1.89 bits per heavy atom. The van der Waals surface area contributed by atoms with Crippen LogP contribution in [0.1, 0.15) is 27.2 Å². The van der Waals surface area contributed by atoms with Crippen molar-refractivity contribution >= 4 is 7.37 Å². The maximum atomic E-state index is 11.0. The molecule has 0 bridgehead atoms. The minimum atomic E-state index is -2.87. The van der Waals surface area contributed by atoms with Crippen molar-refractivity contribution in [2.75, 3.05) is 6.66 Å². The van der Waals surface area contributed by atoms with Gasteiger partial charge in [0.15, 0.2) is 0 Å². The lowest BCUT2D eigenvalue weighted by Crippen LogP contribution is -2.17. The van der Waals surface area contributed by atoms with Crippen molar-refractivity contribution in [2.45, 2.75) is 32.3 Å². The summed E-state index contributed by atoms with van der Waals surface area (Å²) in [5.41, 5.74) is 0.